The third kappa shape index (κ3) is 2.90. The van der Waals surface area contributed by atoms with E-state index in [2.05, 4.69) is 54.0 Å². The van der Waals surface area contributed by atoms with Gasteiger partial charge in [-0.05, 0) is 65.4 Å². The summed E-state index contributed by atoms with van der Waals surface area (Å²) in [4.78, 5) is 0. The molecule has 110 valence electrons. The molecule has 1 atom stereocenters. The lowest BCUT2D eigenvalue weighted by Gasteiger charge is -2.17. The molecule has 0 aromatic heterocycles. The normalized spacial score (nSPS) is 17.3. The van der Waals surface area contributed by atoms with E-state index in [-0.39, 0.29) is 12.2 Å². The summed E-state index contributed by atoms with van der Waals surface area (Å²) < 4.78 is 6.98. The number of halogens is 2. The fourth-order valence-corrected chi connectivity index (χ4v) is 3.64. The molecule has 1 nitrogen and oxygen atoms in total. The molecule has 1 aliphatic rings. The molecule has 0 radical (unpaired) electrons. The lowest BCUT2D eigenvalue weighted by atomic mass is 9.96. The molecule has 3 heteroatoms. The summed E-state index contributed by atoms with van der Waals surface area (Å²) >= 11 is 9.98. The summed E-state index contributed by atoms with van der Waals surface area (Å²) in [5.41, 5.74) is 5.02. The maximum atomic E-state index is 6.47. The zero-order valence-corrected chi connectivity index (χ0v) is 14.5. The summed E-state index contributed by atoms with van der Waals surface area (Å²) in [6.07, 6.45) is 2.56. The smallest absolute Gasteiger partial charge is 0.0834 e. The molecule has 0 saturated carbocycles. The molecule has 0 aliphatic heterocycles. The van der Waals surface area contributed by atoms with Crippen LogP contribution in [-0.4, -0.2) is 6.10 Å². The fourth-order valence-electron chi connectivity index (χ4n) is 3.05. The van der Waals surface area contributed by atoms with Gasteiger partial charge >= 0.3 is 0 Å². The van der Waals surface area contributed by atoms with Crippen LogP contribution in [0, 0.1) is 0 Å². The first-order chi connectivity index (χ1) is 10.1. The number of hydrogen-bond acceptors (Lipinski definition) is 1. The van der Waals surface area contributed by atoms with Crippen LogP contribution < -0.4 is 0 Å². The topological polar surface area (TPSA) is 9.23 Å². The molecule has 0 heterocycles. The van der Waals surface area contributed by atoms with Crippen molar-refractivity contribution in [1.29, 1.82) is 0 Å². The zero-order valence-electron chi connectivity index (χ0n) is 12.2. The van der Waals surface area contributed by atoms with Crippen LogP contribution in [-0.2, 0) is 11.2 Å². The minimum Gasteiger partial charge on any atom is -0.371 e. The summed E-state index contributed by atoms with van der Waals surface area (Å²) in [6.45, 7) is 4.18. The number of fused-ring (bicyclic) bond motifs is 1. The second-order valence-corrected chi connectivity index (χ2v) is 6.92. The Balaban J connectivity index is 2.07. The molecule has 21 heavy (non-hydrogen) atoms. The van der Waals surface area contributed by atoms with Gasteiger partial charge in [-0.2, -0.15) is 0 Å². The number of rotatable bonds is 3. The Labute approximate surface area is 139 Å². The summed E-state index contributed by atoms with van der Waals surface area (Å²) in [7, 11) is 0. The van der Waals surface area contributed by atoms with Crippen molar-refractivity contribution < 1.29 is 4.74 Å². The maximum Gasteiger partial charge on any atom is 0.0834 e. The standard InChI is InChI=1S/C18H18BrClO/c1-11(2)21-17-10-9-13-12(5-3-6-14(13)17)15-7-4-8-16(19)18(15)20/h3-8,11,17H,9-10H2,1-2H3/t17-/m0/s1. The number of benzene rings is 2. The van der Waals surface area contributed by atoms with Gasteiger partial charge in [-0.15, -0.1) is 0 Å². The van der Waals surface area contributed by atoms with Gasteiger partial charge in [-0.3, -0.25) is 0 Å². The van der Waals surface area contributed by atoms with Crippen molar-refractivity contribution in [1.82, 2.24) is 0 Å². The number of hydrogen-bond donors (Lipinski definition) is 0. The average Bonchev–Trinajstić information content (AvgIpc) is 2.85. The molecule has 0 saturated heterocycles. The largest absolute Gasteiger partial charge is 0.371 e. The second kappa shape index (κ2) is 6.12. The predicted molar refractivity (Wildman–Crippen MR) is 91.9 cm³/mol. The predicted octanol–water partition coefficient (Wildman–Crippen LogP) is 6.18. The van der Waals surface area contributed by atoms with Gasteiger partial charge in [0.15, 0.2) is 0 Å². The van der Waals surface area contributed by atoms with E-state index in [1.54, 1.807) is 0 Å². The van der Waals surface area contributed by atoms with Gasteiger partial charge in [-0.1, -0.05) is 41.9 Å². The lowest BCUT2D eigenvalue weighted by Crippen LogP contribution is -2.07. The summed E-state index contributed by atoms with van der Waals surface area (Å²) in [5.74, 6) is 0. The first-order valence-electron chi connectivity index (χ1n) is 7.29. The van der Waals surface area contributed by atoms with E-state index in [1.807, 2.05) is 12.1 Å². The zero-order chi connectivity index (χ0) is 15.0. The monoisotopic (exact) mass is 364 g/mol. The summed E-state index contributed by atoms with van der Waals surface area (Å²) in [6, 6.07) is 12.5. The van der Waals surface area contributed by atoms with Crippen molar-refractivity contribution in [2.24, 2.45) is 0 Å². The molecule has 0 amide bonds. The molecule has 1 aliphatic carbocycles. The minimum absolute atomic E-state index is 0.214. The Morgan fingerprint density at radius 2 is 1.86 bits per heavy atom. The average molecular weight is 366 g/mol. The highest BCUT2D eigenvalue weighted by molar-refractivity contribution is 9.10. The molecule has 0 fully saturated rings. The van der Waals surface area contributed by atoms with Crippen LogP contribution in [0.15, 0.2) is 40.9 Å². The quantitative estimate of drug-likeness (QED) is 0.631. The Hall–Kier alpha value is -0.830. The van der Waals surface area contributed by atoms with E-state index in [0.29, 0.717) is 0 Å². The van der Waals surface area contributed by atoms with Crippen LogP contribution in [0.1, 0.15) is 37.5 Å². The third-order valence-corrected chi connectivity index (χ3v) is 5.19. The SMILES string of the molecule is CC(C)O[C@H]1CCc2c(-c3cccc(Br)c3Cl)cccc21. The van der Waals surface area contributed by atoms with Crippen LogP contribution in [0.3, 0.4) is 0 Å². The first-order valence-corrected chi connectivity index (χ1v) is 8.46. The van der Waals surface area contributed by atoms with Crippen molar-refractivity contribution in [2.45, 2.75) is 38.9 Å². The van der Waals surface area contributed by atoms with E-state index in [0.717, 1.165) is 27.9 Å². The minimum atomic E-state index is 0.214. The molecule has 3 rings (SSSR count). The maximum absolute atomic E-state index is 6.47. The van der Waals surface area contributed by atoms with Gasteiger partial charge in [0.2, 0.25) is 0 Å². The van der Waals surface area contributed by atoms with Gasteiger partial charge in [0, 0.05) is 10.0 Å². The van der Waals surface area contributed by atoms with Gasteiger partial charge in [0.1, 0.15) is 0 Å². The molecule has 0 bridgehead atoms. The Morgan fingerprint density at radius 1 is 1.14 bits per heavy atom. The molecule has 2 aromatic rings. The molecule has 0 N–H and O–H groups in total. The van der Waals surface area contributed by atoms with Crippen molar-refractivity contribution in [3.8, 4) is 11.1 Å². The van der Waals surface area contributed by atoms with E-state index in [1.165, 1.54) is 16.7 Å². The first kappa shape index (κ1) is 15.1. The highest BCUT2D eigenvalue weighted by atomic mass is 79.9. The molecular formula is C18H18BrClO. The van der Waals surface area contributed by atoms with E-state index >= 15 is 0 Å². The Morgan fingerprint density at radius 3 is 2.62 bits per heavy atom. The van der Waals surface area contributed by atoms with Crippen molar-refractivity contribution in [3.05, 3.63) is 57.0 Å². The van der Waals surface area contributed by atoms with Crippen molar-refractivity contribution in [2.75, 3.05) is 0 Å². The fraction of sp³-hybridized carbons (Fsp3) is 0.333. The van der Waals surface area contributed by atoms with E-state index < -0.39 is 0 Å². The third-order valence-electron chi connectivity index (χ3n) is 3.89. The van der Waals surface area contributed by atoms with Gasteiger partial charge in [0.05, 0.1) is 17.2 Å². The van der Waals surface area contributed by atoms with Crippen LogP contribution in [0.2, 0.25) is 5.02 Å². The van der Waals surface area contributed by atoms with Crippen molar-refractivity contribution in [3.63, 3.8) is 0 Å². The highest BCUT2D eigenvalue weighted by Crippen LogP contribution is 2.42. The second-order valence-electron chi connectivity index (χ2n) is 5.69. The Bertz CT molecular complexity index is 666. The molecular weight excluding hydrogens is 348 g/mol. The number of ether oxygens (including phenoxy) is 1. The molecule has 0 unspecified atom stereocenters. The Kier molecular flexibility index (Phi) is 4.39. The highest BCUT2D eigenvalue weighted by Gasteiger charge is 2.26. The van der Waals surface area contributed by atoms with Crippen LogP contribution >= 0.6 is 27.5 Å². The lowest BCUT2D eigenvalue weighted by molar-refractivity contribution is 0.00790. The van der Waals surface area contributed by atoms with E-state index in [4.69, 9.17) is 16.3 Å². The molecule has 0 spiro atoms. The van der Waals surface area contributed by atoms with Crippen LogP contribution in [0.25, 0.3) is 11.1 Å². The molecule has 2 aromatic carbocycles. The summed E-state index contributed by atoms with van der Waals surface area (Å²) in [5, 5.41) is 0.777. The van der Waals surface area contributed by atoms with Crippen LogP contribution in [0.4, 0.5) is 0 Å². The van der Waals surface area contributed by atoms with E-state index in [9.17, 15) is 0 Å². The van der Waals surface area contributed by atoms with Gasteiger partial charge in [0.25, 0.3) is 0 Å². The van der Waals surface area contributed by atoms with Crippen LogP contribution in [0.5, 0.6) is 0 Å². The van der Waals surface area contributed by atoms with Crippen molar-refractivity contribution >= 4 is 27.5 Å². The van der Waals surface area contributed by atoms with Gasteiger partial charge < -0.3 is 4.74 Å². The van der Waals surface area contributed by atoms with Gasteiger partial charge in [-0.25, -0.2) is 0 Å².